The number of benzene rings is 1. The highest BCUT2D eigenvalue weighted by Gasteiger charge is 2.35. The Kier molecular flexibility index (Phi) is 5.08. The van der Waals surface area contributed by atoms with Crippen LogP contribution in [0.3, 0.4) is 0 Å². The summed E-state index contributed by atoms with van der Waals surface area (Å²) in [7, 11) is 1.17. The van der Waals surface area contributed by atoms with Crippen molar-refractivity contribution >= 4 is 5.91 Å². The fourth-order valence-electron chi connectivity index (χ4n) is 2.76. The summed E-state index contributed by atoms with van der Waals surface area (Å²) in [6.45, 7) is -0.181. The van der Waals surface area contributed by atoms with E-state index in [2.05, 4.69) is 0 Å². The van der Waals surface area contributed by atoms with Gasteiger partial charge in [-0.2, -0.15) is 13.2 Å². The highest BCUT2D eigenvalue weighted by atomic mass is 19.4. The van der Waals surface area contributed by atoms with Crippen LogP contribution in [0.15, 0.2) is 30.3 Å². The van der Waals surface area contributed by atoms with Gasteiger partial charge in [0.25, 0.3) is 0 Å². The number of likely N-dealkylation sites (tertiary alicyclic amines) is 1. The Labute approximate surface area is 127 Å². The molecule has 1 aromatic carbocycles. The molecular weight excluding hydrogens is 295 g/mol. The van der Waals surface area contributed by atoms with Crippen molar-refractivity contribution in [2.24, 2.45) is 5.73 Å². The molecule has 0 bridgehead atoms. The molecule has 4 nitrogen and oxygen atoms in total. The topological polar surface area (TPSA) is 49.6 Å². The van der Waals surface area contributed by atoms with Crippen LogP contribution in [0, 0.1) is 0 Å². The van der Waals surface area contributed by atoms with E-state index in [-0.39, 0.29) is 18.5 Å². The van der Waals surface area contributed by atoms with Gasteiger partial charge in [-0.1, -0.05) is 30.3 Å². The first-order chi connectivity index (χ1) is 10.3. The number of halogens is 3. The second-order valence-corrected chi connectivity index (χ2v) is 5.74. The third-order valence-electron chi connectivity index (χ3n) is 3.87. The molecule has 1 aromatic rings. The molecule has 1 saturated heterocycles. The molecule has 2 atom stereocenters. The number of carbonyl (C=O) groups is 1. The number of alkyl halides is 3. The predicted octanol–water partition coefficient (Wildman–Crippen LogP) is 1.43. The van der Waals surface area contributed by atoms with Crippen LogP contribution in [0.5, 0.6) is 0 Å². The molecule has 2 N–H and O–H groups in total. The normalized spacial score (nSPS) is 22.8. The zero-order valence-electron chi connectivity index (χ0n) is 12.4. The molecule has 0 aliphatic carbocycles. The Morgan fingerprint density at radius 2 is 1.95 bits per heavy atom. The van der Waals surface area contributed by atoms with Gasteiger partial charge in [0, 0.05) is 32.1 Å². The summed E-state index contributed by atoms with van der Waals surface area (Å²) in [5.74, 6) is -0.444. The van der Waals surface area contributed by atoms with E-state index in [1.54, 1.807) is 0 Å². The number of hydrogen-bond acceptors (Lipinski definition) is 3. The van der Waals surface area contributed by atoms with Crippen LogP contribution in [0.25, 0.3) is 0 Å². The average Bonchev–Trinajstić information content (AvgIpc) is 2.78. The zero-order valence-corrected chi connectivity index (χ0v) is 12.4. The summed E-state index contributed by atoms with van der Waals surface area (Å²) in [6.07, 6.45) is -4.38. The van der Waals surface area contributed by atoms with Crippen LogP contribution >= 0.6 is 0 Å². The van der Waals surface area contributed by atoms with Crippen molar-refractivity contribution in [3.63, 3.8) is 0 Å². The average molecular weight is 315 g/mol. The van der Waals surface area contributed by atoms with Crippen molar-refractivity contribution < 1.29 is 18.0 Å². The standard InChI is InChI=1S/C15H20F3N3O/c1-20(10-15(16,17)18)14(22)9-21-7-12(13(19)8-21)11-5-3-2-4-6-11/h2-6,12-13H,7-10,19H2,1H3/t12-,13+/m0/s1. The molecule has 0 aromatic heterocycles. The lowest BCUT2D eigenvalue weighted by Crippen LogP contribution is -2.42. The largest absolute Gasteiger partial charge is 0.406 e. The maximum Gasteiger partial charge on any atom is 0.406 e. The van der Waals surface area contributed by atoms with Gasteiger partial charge >= 0.3 is 6.18 Å². The molecule has 1 fully saturated rings. The molecule has 0 unspecified atom stereocenters. The molecule has 1 amide bonds. The summed E-state index contributed by atoms with van der Waals surface area (Å²) < 4.78 is 36.9. The fourth-order valence-corrected chi connectivity index (χ4v) is 2.76. The molecule has 22 heavy (non-hydrogen) atoms. The lowest BCUT2D eigenvalue weighted by atomic mass is 9.95. The first-order valence-electron chi connectivity index (χ1n) is 7.10. The van der Waals surface area contributed by atoms with Crippen LogP contribution in [0.1, 0.15) is 11.5 Å². The maximum absolute atomic E-state index is 12.3. The first-order valence-corrected chi connectivity index (χ1v) is 7.10. The van der Waals surface area contributed by atoms with Crippen LogP contribution in [0.2, 0.25) is 0 Å². The number of nitrogens with two attached hydrogens (primary N) is 1. The number of carbonyl (C=O) groups excluding carboxylic acids is 1. The van der Waals surface area contributed by atoms with Crippen LogP contribution in [-0.2, 0) is 4.79 Å². The molecular formula is C15H20F3N3O. The Morgan fingerprint density at radius 3 is 2.55 bits per heavy atom. The van der Waals surface area contributed by atoms with Crippen molar-refractivity contribution in [1.82, 2.24) is 9.80 Å². The van der Waals surface area contributed by atoms with Crippen molar-refractivity contribution in [2.75, 3.05) is 33.2 Å². The predicted molar refractivity (Wildman–Crippen MR) is 77.3 cm³/mol. The van der Waals surface area contributed by atoms with Crippen LogP contribution < -0.4 is 5.73 Å². The molecule has 1 aliphatic rings. The summed E-state index contributed by atoms with van der Waals surface area (Å²) >= 11 is 0. The molecule has 0 radical (unpaired) electrons. The SMILES string of the molecule is CN(CC(F)(F)F)C(=O)CN1C[C@@H](N)[C@H](c2ccccc2)C1. The van der Waals surface area contributed by atoms with Gasteiger partial charge in [-0.05, 0) is 5.56 Å². The minimum atomic E-state index is -4.38. The van der Waals surface area contributed by atoms with Gasteiger partial charge in [-0.3, -0.25) is 9.69 Å². The lowest BCUT2D eigenvalue weighted by Gasteiger charge is -2.22. The van der Waals surface area contributed by atoms with Gasteiger partial charge in [0.2, 0.25) is 5.91 Å². The van der Waals surface area contributed by atoms with Crippen molar-refractivity contribution in [2.45, 2.75) is 18.1 Å². The van der Waals surface area contributed by atoms with E-state index >= 15 is 0 Å². The summed E-state index contributed by atoms with van der Waals surface area (Å²) in [6, 6.07) is 9.59. The molecule has 7 heteroatoms. The van der Waals surface area contributed by atoms with Crippen molar-refractivity contribution in [3.05, 3.63) is 35.9 Å². The first kappa shape index (κ1) is 16.8. The Hall–Kier alpha value is -1.60. The monoisotopic (exact) mass is 315 g/mol. The van der Waals surface area contributed by atoms with E-state index < -0.39 is 18.6 Å². The Bertz CT molecular complexity index is 507. The number of likely N-dealkylation sites (N-methyl/N-ethyl adjacent to an activating group) is 1. The number of rotatable bonds is 4. The lowest BCUT2D eigenvalue weighted by molar-refractivity contribution is -0.158. The number of amides is 1. The molecule has 1 heterocycles. The Morgan fingerprint density at radius 1 is 1.32 bits per heavy atom. The van der Waals surface area contributed by atoms with E-state index in [1.807, 2.05) is 35.2 Å². The van der Waals surface area contributed by atoms with E-state index in [1.165, 1.54) is 7.05 Å². The Balaban J connectivity index is 1.91. The third kappa shape index (κ3) is 4.45. The molecule has 2 rings (SSSR count). The molecule has 122 valence electrons. The van der Waals surface area contributed by atoms with Crippen molar-refractivity contribution in [1.29, 1.82) is 0 Å². The number of nitrogens with zero attached hydrogens (tertiary/aromatic N) is 2. The second-order valence-electron chi connectivity index (χ2n) is 5.74. The van der Waals surface area contributed by atoms with E-state index in [4.69, 9.17) is 5.73 Å². The van der Waals surface area contributed by atoms with Gasteiger partial charge in [-0.25, -0.2) is 0 Å². The highest BCUT2D eigenvalue weighted by Crippen LogP contribution is 2.26. The van der Waals surface area contributed by atoms with Crippen LogP contribution in [0.4, 0.5) is 13.2 Å². The van der Waals surface area contributed by atoms with Gasteiger partial charge in [0.15, 0.2) is 0 Å². The van der Waals surface area contributed by atoms with E-state index in [0.717, 1.165) is 5.56 Å². The van der Waals surface area contributed by atoms with Crippen molar-refractivity contribution in [3.8, 4) is 0 Å². The summed E-state index contributed by atoms with van der Waals surface area (Å²) in [5.41, 5.74) is 7.20. The van der Waals surface area contributed by atoms with E-state index in [0.29, 0.717) is 18.0 Å². The number of hydrogen-bond donors (Lipinski definition) is 1. The molecule has 1 aliphatic heterocycles. The fraction of sp³-hybridized carbons (Fsp3) is 0.533. The quantitative estimate of drug-likeness (QED) is 0.914. The zero-order chi connectivity index (χ0) is 16.3. The molecule has 0 spiro atoms. The summed E-state index contributed by atoms with van der Waals surface area (Å²) in [4.78, 5) is 14.4. The van der Waals surface area contributed by atoms with Gasteiger partial charge in [0.05, 0.1) is 6.54 Å². The third-order valence-corrected chi connectivity index (χ3v) is 3.87. The van der Waals surface area contributed by atoms with Crippen LogP contribution in [-0.4, -0.2) is 61.2 Å². The molecule has 0 saturated carbocycles. The van der Waals surface area contributed by atoms with Gasteiger partial charge < -0.3 is 10.6 Å². The van der Waals surface area contributed by atoms with Gasteiger partial charge in [0.1, 0.15) is 6.54 Å². The van der Waals surface area contributed by atoms with E-state index in [9.17, 15) is 18.0 Å². The minimum Gasteiger partial charge on any atom is -0.336 e. The van der Waals surface area contributed by atoms with Gasteiger partial charge in [-0.15, -0.1) is 0 Å². The summed E-state index contributed by atoms with van der Waals surface area (Å²) in [5, 5.41) is 0. The smallest absolute Gasteiger partial charge is 0.336 e. The second kappa shape index (κ2) is 6.66. The minimum absolute atomic E-state index is 0.0381. The maximum atomic E-state index is 12.3. The highest BCUT2D eigenvalue weighted by molar-refractivity contribution is 5.78.